The Labute approximate surface area is 168 Å². The molecular formula is C20H14O6S2. The molecule has 0 unspecified atom stereocenters. The number of ether oxygens (including phenoxy) is 3. The van der Waals surface area contributed by atoms with Crippen molar-refractivity contribution in [2.24, 2.45) is 0 Å². The van der Waals surface area contributed by atoms with E-state index in [-0.39, 0.29) is 16.7 Å². The fourth-order valence-corrected chi connectivity index (χ4v) is 5.08. The van der Waals surface area contributed by atoms with Gasteiger partial charge >= 0.3 is 12.3 Å². The number of thiophene rings is 1. The van der Waals surface area contributed by atoms with E-state index in [0.29, 0.717) is 11.1 Å². The van der Waals surface area contributed by atoms with Crippen LogP contribution in [0.4, 0.5) is 9.59 Å². The molecule has 28 heavy (non-hydrogen) atoms. The minimum atomic E-state index is -1.44. The number of fused-ring (bicyclic) bond motifs is 5. The molecule has 0 amide bonds. The largest absolute Gasteiger partial charge is 0.514 e. The number of carbonyl (C=O) groups is 2. The van der Waals surface area contributed by atoms with E-state index >= 15 is 0 Å². The summed E-state index contributed by atoms with van der Waals surface area (Å²) in [5.74, 6) is 0. The van der Waals surface area contributed by atoms with E-state index < -0.39 is 12.3 Å². The van der Waals surface area contributed by atoms with Gasteiger partial charge in [-0.15, -0.1) is 0 Å². The fourth-order valence-electron chi connectivity index (χ4n) is 2.97. The highest BCUT2D eigenvalue weighted by atomic mass is 32.2. The van der Waals surface area contributed by atoms with Gasteiger partial charge in [0.2, 0.25) is 0 Å². The lowest BCUT2D eigenvalue weighted by Gasteiger charge is -2.08. The molecule has 0 aliphatic carbocycles. The lowest BCUT2D eigenvalue weighted by molar-refractivity contribution is 0.106. The highest BCUT2D eigenvalue weighted by Crippen LogP contribution is 2.58. The molecule has 8 heteroatoms. The van der Waals surface area contributed by atoms with Gasteiger partial charge in [0.1, 0.15) is 0 Å². The third-order valence-corrected chi connectivity index (χ3v) is 6.09. The Balaban J connectivity index is 2.01. The molecule has 2 heterocycles. The van der Waals surface area contributed by atoms with Gasteiger partial charge in [0, 0.05) is 32.0 Å². The molecule has 6 nitrogen and oxygen atoms in total. The number of rotatable bonds is 3. The number of hydrogen-bond donors (Lipinski definition) is 1. The van der Waals surface area contributed by atoms with E-state index in [4.69, 9.17) is 14.2 Å². The summed E-state index contributed by atoms with van der Waals surface area (Å²) in [4.78, 5) is 25.2. The first-order valence-corrected chi connectivity index (χ1v) is 10.0. The summed E-state index contributed by atoms with van der Waals surface area (Å²) < 4.78 is 15.4. The summed E-state index contributed by atoms with van der Waals surface area (Å²) in [6.07, 6.45) is -2.29. The molecule has 0 spiro atoms. The van der Waals surface area contributed by atoms with Crippen LogP contribution in [-0.2, 0) is 4.74 Å². The molecular weight excluding hydrogens is 400 g/mol. The highest BCUT2D eigenvalue weighted by Gasteiger charge is 2.31. The molecule has 0 atom stereocenters. The van der Waals surface area contributed by atoms with Crippen LogP contribution in [0.5, 0.6) is 10.1 Å². The molecule has 1 N–H and O–H groups in total. The highest BCUT2D eigenvalue weighted by molar-refractivity contribution is 7.99. The van der Waals surface area contributed by atoms with E-state index in [2.05, 4.69) is 0 Å². The predicted molar refractivity (Wildman–Crippen MR) is 106 cm³/mol. The summed E-state index contributed by atoms with van der Waals surface area (Å²) in [6, 6.07) is 15.3. The second-order valence-electron chi connectivity index (χ2n) is 5.67. The zero-order valence-corrected chi connectivity index (χ0v) is 16.3. The summed E-state index contributed by atoms with van der Waals surface area (Å²) in [5, 5.41) is 9.58. The van der Waals surface area contributed by atoms with Crippen molar-refractivity contribution < 1.29 is 28.9 Å². The van der Waals surface area contributed by atoms with Gasteiger partial charge in [-0.3, -0.25) is 0 Å². The lowest BCUT2D eigenvalue weighted by atomic mass is 9.98. The van der Waals surface area contributed by atoms with Gasteiger partial charge in [0.15, 0.2) is 10.1 Å². The Morgan fingerprint density at radius 1 is 0.893 bits per heavy atom. The van der Waals surface area contributed by atoms with Crippen LogP contribution in [0.3, 0.4) is 0 Å². The van der Waals surface area contributed by atoms with Crippen LogP contribution in [0.25, 0.3) is 22.3 Å². The van der Waals surface area contributed by atoms with Crippen molar-refractivity contribution in [1.82, 2.24) is 0 Å². The van der Waals surface area contributed by atoms with Crippen molar-refractivity contribution in [3.05, 3.63) is 48.5 Å². The topological polar surface area (TPSA) is 82.1 Å². The maximum Gasteiger partial charge on any atom is 0.514 e. The monoisotopic (exact) mass is 414 g/mol. The molecule has 1 aliphatic heterocycles. The molecule has 0 saturated carbocycles. The van der Waals surface area contributed by atoms with Crippen LogP contribution in [-0.4, -0.2) is 24.0 Å². The Morgan fingerprint density at radius 3 is 1.96 bits per heavy atom. The Bertz CT molecular complexity index is 1070. The molecule has 0 fully saturated rings. The molecule has 142 valence electrons. The molecule has 2 aromatic carbocycles. The average molecular weight is 414 g/mol. The third kappa shape index (κ3) is 3.32. The van der Waals surface area contributed by atoms with Crippen molar-refractivity contribution in [3.63, 3.8) is 0 Å². The van der Waals surface area contributed by atoms with Crippen molar-refractivity contribution in [3.8, 4) is 32.4 Å². The molecule has 4 rings (SSSR count). The van der Waals surface area contributed by atoms with Crippen LogP contribution >= 0.6 is 23.1 Å². The van der Waals surface area contributed by atoms with Gasteiger partial charge in [-0.05, 0) is 19.1 Å². The zero-order chi connectivity index (χ0) is 19.7. The fraction of sp³-hybridized carbons (Fsp3) is 0.100. The van der Waals surface area contributed by atoms with Gasteiger partial charge in [0.05, 0.1) is 6.61 Å². The van der Waals surface area contributed by atoms with Gasteiger partial charge in [-0.1, -0.05) is 59.5 Å². The normalized spacial score (nSPS) is 11.5. The first-order chi connectivity index (χ1) is 13.6. The van der Waals surface area contributed by atoms with Crippen molar-refractivity contribution in [2.75, 3.05) is 6.61 Å². The molecule has 3 aromatic rings. The standard InChI is InChI=1S/C20H14O6S2/c1-2-24-20(23)26-18-16-12-8-4-6-10-14(12)27-13-9-5-3-7-11(13)15(16)17(28-18)25-19(21)22/h3-10H,2H2,1H3,(H,21,22). The first-order valence-electron chi connectivity index (χ1n) is 8.37. The van der Waals surface area contributed by atoms with Crippen LogP contribution in [0.2, 0.25) is 0 Å². The Morgan fingerprint density at radius 2 is 1.43 bits per heavy atom. The second kappa shape index (κ2) is 7.57. The smallest absolute Gasteiger partial charge is 0.449 e. The summed E-state index contributed by atoms with van der Waals surface area (Å²) in [6.45, 7) is 1.84. The van der Waals surface area contributed by atoms with Crippen molar-refractivity contribution in [2.45, 2.75) is 16.7 Å². The van der Waals surface area contributed by atoms with E-state index in [1.165, 1.54) is 0 Å². The van der Waals surface area contributed by atoms with Crippen LogP contribution in [0.15, 0.2) is 58.3 Å². The summed E-state index contributed by atoms with van der Waals surface area (Å²) in [7, 11) is 0. The maximum atomic E-state index is 12.0. The number of carboxylic acid groups (broad SMARTS) is 1. The van der Waals surface area contributed by atoms with E-state index in [1.54, 1.807) is 18.7 Å². The Hall–Kier alpha value is -2.97. The minimum absolute atomic E-state index is 0.145. The Kier molecular flexibility index (Phi) is 4.97. The molecule has 0 radical (unpaired) electrons. The van der Waals surface area contributed by atoms with Crippen LogP contribution in [0, 0.1) is 0 Å². The van der Waals surface area contributed by atoms with Gasteiger partial charge in [0.25, 0.3) is 0 Å². The first kappa shape index (κ1) is 18.4. The second-order valence-corrected chi connectivity index (χ2v) is 7.70. The van der Waals surface area contributed by atoms with Crippen molar-refractivity contribution >= 4 is 35.4 Å². The van der Waals surface area contributed by atoms with E-state index in [9.17, 15) is 14.7 Å². The average Bonchev–Trinajstić information content (AvgIpc) is 2.91. The van der Waals surface area contributed by atoms with Crippen LogP contribution in [0.1, 0.15) is 6.92 Å². The minimum Gasteiger partial charge on any atom is -0.449 e. The number of hydrogen-bond acceptors (Lipinski definition) is 7. The quantitative estimate of drug-likeness (QED) is 0.403. The van der Waals surface area contributed by atoms with Gasteiger partial charge in [-0.25, -0.2) is 9.59 Å². The molecule has 1 aromatic heterocycles. The molecule has 0 saturated heterocycles. The van der Waals surface area contributed by atoms with Gasteiger partial charge in [-0.2, -0.15) is 0 Å². The van der Waals surface area contributed by atoms with Crippen molar-refractivity contribution in [1.29, 1.82) is 0 Å². The summed E-state index contributed by atoms with van der Waals surface area (Å²) >= 11 is 2.52. The zero-order valence-electron chi connectivity index (χ0n) is 14.6. The van der Waals surface area contributed by atoms with Crippen LogP contribution < -0.4 is 9.47 Å². The summed E-state index contributed by atoms with van der Waals surface area (Å²) in [5.41, 5.74) is 2.83. The maximum absolute atomic E-state index is 12.0. The van der Waals surface area contributed by atoms with Gasteiger partial charge < -0.3 is 19.3 Å². The predicted octanol–water partition coefficient (Wildman–Crippen LogP) is 6.14. The number of benzene rings is 2. The lowest BCUT2D eigenvalue weighted by Crippen LogP contribution is -2.09. The number of carbonyl (C=O) groups excluding carboxylic acids is 1. The van der Waals surface area contributed by atoms with E-state index in [1.807, 2.05) is 48.5 Å². The molecule has 0 bridgehead atoms. The van der Waals surface area contributed by atoms with E-state index in [0.717, 1.165) is 32.3 Å². The SMILES string of the molecule is CCOC(=O)Oc1sc(OC(=O)O)c2c1-c1ccccc1Sc1ccccc1-2. The molecule has 1 aliphatic rings. The third-order valence-electron chi connectivity index (χ3n) is 3.99.